The van der Waals surface area contributed by atoms with E-state index in [-0.39, 0.29) is 11.8 Å². The predicted octanol–water partition coefficient (Wildman–Crippen LogP) is 1.58. The molecule has 0 aliphatic carbocycles. The fourth-order valence-electron chi connectivity index (χ4n) is 1.46. The van der Waals surface area contributed by atoms with E-state index in [0.29, 0.717) is 6.54 Å². The van der Waals surface area contributed by atoms with Gasteiger partial charge in [-0.3, -0.25) is 9.79 Å². The molecule has 104 valence electrons. The smallest absolute Gasteiger partial charge is 0.226 e. The third kappa shape index (κ3) is 4.99. The molecule has 0 aliphatic rings. The zero-order chi connectivity index (χ0) is 14.3. The zero-order valence-corrected chi connectivity index (χ0v) is 11.9. The molecule has 0 heterocycles. The summed E-state index contributed by atoms with van der Waals surface area (Å²) in [6.07, 6.45) is 0. The first kappa shape index (κ1) is 15.0. The van der Waals surface area contributed by atoms with E-state index in [1.165, 1.54) is 0 Å². The van der Waals surface area contributed by atoms with Crippen molar-refractivity contribution < 1.29 is 4.79 Å². The van der Waals surface area contributed by atoms with Gasteiger partial charge in [0.1, 0.15) is 0 Å². The van der Waals surface area contributed by atoms with Crippen LogP contribution in [0.3, 0.4) is 0 Å². The molecule has 0 fully saturated rings. The van der Waals surface area contributed by atoms with Crippen molar-refractivity contribution in [3.63, 3.8) is 0 Å². The summed E-state index contributed by atoms with van der Waals surface area (Å²) in [5, 5.41) is 8.98. The summed E-state index contributed by atoms with van der Waals surface area (Å²) < 4.78 is 0. The first-order valence-corrected chi connectivity index (χ1v) is 6.35. The number of nitrogens with zero attached hydrogens (tertiary/aromatic N) is 1. The maximum atomic E-state index is 11.5. The number of amides is 1. The second kappa shape index (κ2) is 7.41. The molecule has 1 aromatic rings. The van der Waals surface area contributed by atoms with Gasteiger partial charge in [0.2, 0.25) is 5.91 Å². The summed E-state index contributed by atoms with van der Waals surface area (Å²) in [6.45, 7) is 4.43. The average molecular weight is 262 g/mol. The van der Waals surface area contributed by atoms with Crippen LogP contribution < -0.4 is 16.0 Å². The molecule has 19 heavy (non-hydrogen) atoms. The standard InChI is InChI=1S/C14H22N4O/c1-10(2)13(19)18-12-7-5-11(6-8-12)9-17-14(15-3)16-4/h5-8,10H,9H2,1-4H3,(H,18,19)(H2,15,16,17). The lowest BCUT2D eigenvalue weighted by molar-refractivity contribution is -0.118. The molecule has 0 aromatic heterocycles. The minimum absolute atomic E-state index is 0.0136. The average Bonchev–Trinajstić information content (AvgIpc) is 2.41. The molecule has 1 rings (SSSR count). The number of hydrogen-bond acceptors (Lipinski definition) is 2. The number of hydrogen-bond donors (Lipinski definition) is 3. The number of nitrogens with one attached hydrogen (secondary N) is 3. The van der Waals surface area contributed by atoms with Gasteiger partial charge in [-0.25, -0.2) is 0 Å². The highest BCUT2D eigenvalue weighted by Gasteiger charge is 2.06. The molecule has 3 N–H and O–H groups in total. The van der Waals surface area contributed by atoms with Crippen LogP contribution >= 0.6 is 0 Å². The van der Waals surface area contributed by atoms with Gasteiger partial charge < -0.3 is 16.0 Å². The summed E-state index contributed by atoms with van der Waals surface area (Å²) >= 11 is 0. The Balaban J connectivity index is 2.54. The minimum atomic E-state index is -0.0136. The van der Waals surface area contributed by atoms with Crippen LogP contribution in [0, 0.1) is 5.92 Å². The van der Waals surface area contributed by atoms with Crippen molar-refractivity contribution in [1.82, 2.24) is 10.6 Å². The van der Waals surface area contributed by atoms with Crippen LogP contribution in [0.1, 0.15) is 19.4 Å². The Morgan fingerprint density at radius 1 is 1.26 bits per heavy atom. The largest absolute Gasteiger partial charge is 0.359 e. The molecule has 5 nitrogen and oxygen atoms in total. The van der Waals surface area contributed by atoms with Crippen molar-refractivity contribution in [2.24, 2.45) is 10.9 Å². The number of anilines is 1. The highest BCUT2D eigenvalue weighted by atomic mass is 16.1. The Hall–Kier alpha value is -2.04. The van der Waals surface area contributed by atoms with E-state index in [2.05, 4.69) is 20.9 Å². The highest BCUT2D eigenvalue weighted by Crippen LogP contribution is 2.10. The van der Waals surface area contributed by atoms with E-state index < -0.39 is 0 Å². The zero-order valence-electron chi connectivity index (χ0n) is 11.9. The van der Waals surface area contributed by atoms with Gasteiger partial charge in [0.25, 0.3) is 0 Å². The molecule has 0 aliphatic heterocycles. The lowest BCUT2D eigenvalue weighted by atomic mass is 10.1. The maximum absolute atomic E-state index is 11.5. The molecule has 0 spiro atoms. The number of benzene rings is 1. The van der Waals surface area contributed by atoms with Gasteiger partial charge in [-0.05, 0) is 17.7 Å². The van der Waals surface area contributed by atoms with E-state index >= 15 is 0 Å². The third-order valence-corrected chi connectivity index (χ3v) is 2.67. The Labute approximate surface area is 114 Å². The number of rotatable bonds is 4. The van der Waals surface area contributed by atoms with E-state index in [1.54, 1.807) is 7.05 Å². The Morgan fingerprint density at radius 3 is 2.37 bits per heavy atom. The van der Waals surface area contributed by atoms with Crippen molar-refractivity contribution in [1.29, 1.82) is 0 Å². The SMILES string of the molecule is CN=C(NC)NCc1ccc(NC(=O)C(C)C)cc1. The monoisotopic (exact) mass is 262 g/mol. The quantitative estimate of drug-likeness (QED) is 0.570. The van der Waals surface area contributed by atoms with Crippen LogP contribution in [0.2, 0.25) is 0 Å². The number of carbonyl (C=O) groups excluding carboxylic acids is 1. The van der Waals surface area contributed by atoms with E-state index in [9.17, 15) is 4.79 Å². The van der Waals surface area contributed by atoms with Crippen LogP contribution in [0.4, 0.5) is 5.69 Å². The van der Waals surface area contributed by atoms with Gasteiger partial charge in [-0.1, -0.05) is 26.0 Å². The van der Waals surface area contributed by atoms with Gasteiger partial charge >= 0.3 is 0 Å². The summed E-state index contributed by atoms with van der Waals surface area (Å²) in [4.78, 5) is 15.6. The fraction of sp³-hybridized carbons (Fsp3) is 0.429. The third-order valence-electron chi connectivity index (χ3n) is 2.67. The Bertz CT molecular complexity index is 437. The minimum Gasteiger partial charge on any atom is -0.359 e. The lowest BCUT2D eigenvalue weighted by Crippen LogP contribution is -2.34. The maximum Gasteiger partial charge on any atom is 0.226 e. The van der Waals surface area contributed by atoms with Crippen molar-refractivity contribution in [3.05, 3.63) is 29.8 Å². The summed E-state index contributed by atoms with van der Waals surface area (Å²) in [5.41, 5.74) is 1.94. The molecule has 0 radical (unpaired) electrons. The van der Waals surface area contributed by atoms with Gasteiger partial charge in [0.15, 0.2) is 5.96 Å². The van der Waals surface area contributed by atoms with Crippen LogP contribution in [0.15, 0.2) is 29.3 Å². The molecular weight excluding hydrogens is 240 g/mol. The topological polar surface area (TPSA) is 65.5 Å². The second-order valence-electron chi connectivity index (χ2n) is 4.52. The molecule has 0 atom stereocenters. The predicted molar refractivity (Wildman–Crippen MR) is 79.2 cm³/mol. The highest BCUT2D eigenvalue weighted by molar-refractivity contribution is 5.92. The lowest BCUT2D eigenvalue weighted by Gasteiger charge is -2.10. The number of guanidine groups is 1. The molecule has 0 saturated carbocycles. The van der Waals surface area contributed by atoms with Gasteiger partial charge in [-0.15, -0.1) is 0 Å². The van der Waals surface area contributed by atoms with Gasteiger partial charge in [0.05, 0.1) is 0 Å². The first-order valence-electron chi connectivity index (χ1n) is 6.35. The summed E-state index contributed by atoms with van der Waals surface area (Å²) in [5.74, 6) is 0.763. The van der Waals surface area contributed by atoms with E-state index in [1.807, 2.05) is 45.2 Å². The van der Waals surface area contributed by atoms with Crippen molar-refractivity contribution in [2.75, 3.05) is 19.4 Å². The molecule has 0 unspecified atom stereocenters. The van der Waals surface area contributed by atoms with E-state index in [0.717, 1.165) is 17.2 Å². The van der Waals surface area contributed by atoms with Crippen molar-refractivity contribution in [2.45, 2.75) is 20.4 Å². The van der Waals surface area contributed by atoms with Crippen molar-refractivity contribution >= 4 is 17.6 Å². The number of carbonyl (C=O) groups is 1. The van der Waals surface area contributed by atoms with Crippen LogP contribution in [0.25, 0.3) is 0 Å². The van der Waals surface area contributed by atoms with Crippen LogP contribution in [-0.4, -0.2) is 26.0 Å². The summed E-state index contributed by atoms with van der Waals surface area (Å²) in [6, 6.07) is 7.76. The normalized spacial score (nSPS) is 11.3. The van der Waals surface area contributed by atoms with Crippen molar-refractivity contribution in [3.8, 4) is 0 Å². The molecule has 0 bridgehead atoms. The molecule has 1 amide bonds. The van der Waals surface area contributed by atoms with E-state index in [4.69, 9.17) is 0 Å². The fourth-order valence-corrected chi connectivity index (χ4v) is 1.46. The molecule has 1 aromatic carbocycles. The molecule has 5 heteroatoms. The Kier molecular flexibility index (Phi) is 5.85. The summed E-state index contributed by atoms with van der Waals surface area (Å²) in [7, 11) is 3.54. The first-order chi connectivity index (χ1) is 9.06. The Morgan fingerprint density at radius 2 is 1.89 bits per heavy atom. The second-order valence-corrected chi connectivity index (χ2v) is 4.52. The molecule has 0 saturated heterocycles. The number of aliphatic imine (C=N–C) groups is 1. The molecular formula is C14H22N4O. The van der Waals surface area contributed by atoms with Crippen LogP contribution in [0.5, 0.6) is 0 Å². The van der Waals surface area contributed by atoms with Gasteiger partial charge in [-0.2, -0.15) is 0 Å². The van der Waals surface area contributed by atoms with Crippen LogP contribution in [-0.2, 0) is 11.3 Å². The van der Waals surface area contributed by atoms with Gasteiger partial charge in [0, 0.05) is 32.2 Å².